The van der Waals surface area contributed by atoms with Crippen molar-refractivity contribution in [1.82, 2.24) is 4.98 Å². The van der Waals surface area contributed by atoms with Gasteiger partial charge in [-0.25, -0.2) is 4.79 Å². The molecule has 0 spiro atoms. The van der Waals surface area contributed by atoms with Gasteiger partial charge in [-0.3, -0.25) is 4.98 Å². The van der Waals surface area contributed by atoms with Crippen LogP contribution in [0, 0.1) is 0 Å². The van der Waals surface area contributed by atoms with Gasteiger partial charge in [-0.2, -0.15) is 0 Å². The summed E-state index contributed by atoms with van der Waals surface area (Å²) in [6.07, 6.45) is 0. The highest BCUT2D eigenvalue weighted by Gasteiger charge is 2.17. The number of aromatic nitrogens is 1. The summed E-state index contributed by atoms with van der Waals surface area (Å²) in [5.74, 6) is 0.269. The van der Waals surface area contributed by atoms with Gasteiger partial charge in [0.2, 0.25) is 0 Å². The zero-order valence-corrected chi connectivity index (χ0v) is 13.4. The van der Waals surface area contributed by atoms with E-state index in [4.69, 9.17) is 20.8 Å². The van der Waals surface area contributed by atoms with Gasteiger partial charge < -0.3 is 9.15 Å². The fourth-order valence-electron chi connectivity index (χ4n) is 2.20. The molecule has 0 saturated carbocycles. The second kappa shape index (κ2) is 5.58. The van der Waals surface area contributed by atoms with E-state index in [0.29, 0.717) is 16.1 Å². The molecule has 3 rings (SSSR count). The molecule has 0 radical (unpaired) electrons. The molecular formula is C15H11BrClNO3. The molecule has 1 aromatic heterocycles. The number of halogens is 2. The van der Waals surface area contributed by atoms with E-state index in [1.54, 1.807) is 19.2 Å². The first kappa shape index (κ1) is 14.2. The second-order valence-electron chi connectivity index (χ2n) is 4.52. The van der Waals surface area contributed by atoms with Crippen LogP contribution >= 0.6 is 27.5 Å². The molecular weight excluding hydrogens is 358 g/mol. The van der Waals surface area contributed by atoms with Crippen molar-refractivity contribution in [3.63, 3.8) is 0 Å². The lowest BCUT2D eigenvalue weighted by atomic mass is 10.0. The molecule has 0 saturated heterocycles. The minimum atomic E-state index is -0.464. The van der Waals surface area contributed by atoms with Crippen LogP contribution in [-0.2, 0) is 0 Å². The Bertz CT molecular complexity index is 855. The average molecular weight is 369 g/mol. The van der Waals surface area contributed by atoms with Gasteiger partial charge in [0.05, 0.1) is 17.5 Å². The molecule has 1 unspecified atom stereocenters. The standard InChI is InChI=1S/C15H11BrClNO3/c1-20-12-5-3-9(17)7-10(12)14(16)8-2-4-11-13(6-8)21-15(19)18-11/h2-7,14H,1H3,(H,18,19). The van der Waals surface area contributed by atoms with Gasteiger partial charge in [-0.05, 0) is 35.9 Å². The zero-order valence-electron chi connectivity index (χ0n) is 11.0. The van der Waals surface area contributed by atoms with E-state index >= 15 is 0 Å². The first-order valence-corrected chi connectivity index (χ1v) is 7.48. The number of fused-ring (bicyclic) bond motifs is 1. The SMILES string of the molecule is COc1ccc(Cl)cc1C(Br)c1ccc2[nH]c(=O)oc2c1. The van der Waals surface area contributed by atoms with Crippen LogP contribution in [0.2, 0.25) is 5.02 Å². The zero-order chi connectivity index (χ0) is 15.0. The minimum absolute atomic E-state index is 0.129. The monoisotopic (exact) mass is 367 g/mol. The first-order valence-electron chi connectivity index (χ1n) is 6.19. The molecule has 0 fully saturated rings. The van der Waals surface area contributed by atoms with Crippen molar-refractivity contribution in [2.24, 2.45) is 0 Å². The molecule has 1 atom stereocenters. The van der Waals surface area contributed by atoms with E-state index < -0.39 is 5.76 Å². The van der Waals surface area contributed by atoms with Crippen LogP contribution < -0.4 is 10.5 Å². The van der Waals surface area contributed by atoms with Gasteiger partial charge in [0.15, 0.2) is 5.58 Å². The molecule has 0 aliphatic carbocycles. The summed E-state index contributed by atoms with van der Waals surface area (Å²) in [4.78, 5) is 13.7. The second-order valence-corrected chi connectivity index (χ2v) is 5.87. The average Bonchev–Trinajstić information content (AvgIpc) is 2.85. The van der Waals surface area contributed by atoms with Gasteiger partial charge in [-0.15, -0.1) is 0 Å². The van der Waals surface area contributed by atoms with Gasteiger partial charge in [-0.1, -0.05) is 33.6 Å². The molecule has 6 heteroatoms. The quantitative estimate of drug-likeness (QED) is 0.703. The third kappa shape index (κ3) is 2.71. The van der Waals surface area contributed by atoms with Crippen molar-refractivity contribution in [2.45, 2.75) is 4.83 Å². The molecule has 21 heavy (non-hydrogen) atoms. The number of hydrogen-bond donors (Lipinski definition) is 1. The van der Waals surface area contributed by atoms with Crippen molar-refractivity contribution in [1.29, 1.82) is 0 Å². The van der Waals surface area contributed by atoms with Crippen molar-refractivity contribution in [3.8, 4) is 5.75 Å². The molecule has 1 heterocycles. The van der Waals surface area contributed by atoms with Crippen LogP contribution in [0.1, 0.15) is 16.0 Å². The number of alkyl halides is 1. The molecule has 0 bridgehead atoms. The minimum Gasteiger partial charge on any atom is -0.496 e. The predicted octanol–water partition coefficient (Wildman–Crippen LogP) is 4.27. The maximum Gasteiger partial charge on any atom is 0.417 e. The third-order valence-corrected chi connectivity index (χ3v) is 4.46. The van der Waals surface area contributed by atoms with Crippen molar-refractivity contribution < 1.29 is 9.15 Å². The van der Waals surface area contributed by atoms with E-state index in [0.717, 1.165) is 16.9 Å². The highest BCUT2D eigenvalue weighted by atomic mass is 79.9. The third-order valence-electron chi connectivity index (χ3n) is 3.20. The van der Waals surface area contributed by atoms with Crippen LogP contribution in [0.4, 0.5) is 0 Å². The van der Waals surface area contributed by atoms with Crippen LogP contribution in [0.5, 0.6) is 5.75 Å². The van der Waals surface area contributed by atoms with Crippen LogP contribution in [0.25, 0.3) is 11.1 Å². The number of benzene rings is 2. The summed E-state index contributed by atoms with van der Waals surface area (Å²) < 4.78 is 10.5. The topological polar surface area (TPSA) is 55.2 Å². The Kier molecular flexibility index (Phi) is 3.78. The van der Waals surface area contributed by atoms with Crippen LogP contribution in [0.15, 0.2) is 45.6 Å². The van der Waals surface area contributed by atoms with E-state index in [9.17, 15) is 4.79 Å². The number of methoxy groups -OCH3 is 1. The summed E-state index contributed by atoms with van der Waals surface area (Å²) in [5.41, 5.74) is 3.03. The maximum atomic E-state index is 11.2. The van der Waals surface area contributed by atoms with Gasteiger partial charge >= 0.3 is 5.76 Å². The van der Waals surface area contributed by atoms with Gasteiger partial charge in [0, 0.05) is 10.6 Å². The summed E-state index contributed by atoms with van der Waals surface area (Å²) in [5, 5.41) is 0.629. The van der Waals surface area contributed by atoms with E-state index in [1.807, 2.05) is 24.3 Å². The van der Waals surface area contributed by atoms with Crippen LogP contribution in [0.3, 0.4) is 0 Å². The summed E-state index contributed by atoms with van der Waals surface area (Å²) in [6.45, 7) is 0. The Labute approximate surface area is 133 Å². The number of oxazole rings is 1. The van der Waals surface area contributed by atoms with Gasteiger partial charge in [0.1, 0.15) is 5.75 Å². The van der Waals surface area contributed by atoms with Crippen molar-refractivity contribution in [2.75, 3.05) is 7.11 Å². The summed E-state index contributed by atoms with van der Waals surface area (Å²) >= 11 is 9.71. The Morgan fingerprint density at radius 1 is 1.29 bits per heavy atom. The Morgan fingerprint density at radius 3 is 2.86 bits per heavy atom. The maximum absolute atomic E-state index is 11.2. The van der Waals surface area contributed by atoms with Gasteiger partial charge in [0.25, 0.3) is 0 Å². The molecule has 0 aliphatic heterocycles. The smallest absolute Gasteiger partial charge is 0.417 e. The summed E-state index contributed by atoms with van der Waals surface area (Å²) in [6, 6.07) is 11.0. The lowest BCUT2D eigenvalue weighted by Gasteiger charge is -2.15. The highest BCUT2D eigenvalue weighted by Crippen LogP contribution is 2.38. The first-order chi connectivity index (χ1) is 10.1. The Morgan fingerprint density at radius 2 is 2.10 bits per heavy atom. The Balaban J connectivity index is 2.09. The van der Waals surface area contributed by atoms with Crippen molar-refractivity contribution >= 4 is 38.6 Å². The van der Waals surface area contributed by atoms with E-state index in [1.165, 1.54) is 0 Å². The fourth-order valence-corrected chi connectivity index (χ4v) is 3.03. The molecule has 1 N–H and O–H groups in total. The normalized spacial score (nSPS) is 12.5. The lowest BCUT2D eigenvalue weighted by Crippen LogP contribution is -1.97. The van der Waals surface area contributed by atoms with Crippen molar-refractivity contribution in [3.05, 3.63) is 63.1 Å². The molecule has 4 nitrogen and oxygen atoms in total. The number of nitrogens with one attached hydrogen (secondary N) is 1. The highest BCUT2D eigenvalue weighted by molar-refractivity contribution is 9.09. The largest absolute Gasteiger partial charge is 0.496 e. The fraction of sp³-hybridized carbons (Fsp3) is 0.133. The lowest BCUT2D eigenvalue weighted by molar-refractivity contribution is 0.410. The molecule has 108 valence electrons. The Hall–Kier alpha value is -1.72. The summed E-state index contributed by atoms with van der Waals surface area (Å²) in [7, 11) is 1.61. The molecule has 0 aliphatic rings. The molecule has 3 aromatic rings. The number of H-pyrrole nitrogens is 1. The van der Waals surface area contributed by atoms with Crippen LogP contribution in [-0.4, -0.2) is 12.1 Å². The molecule has 0 amide bonds. The number of ether oxygens (including phenoxy) is 1. The number of aromatic amines is 1. The van der Waals surface area contributed by atoms with E-state index in [2.05, 4.69) is 20.9 Å². The number of hydrogen-bond acceptors (Lipinski definition) is 3. The number of rotatable bonds is 3. The van der Waals surface area contributed by atoms with E-state index in [-0.39, 0.29) is 4.83 Å². The predicted molar refractivity (Wildman–Crippen MR) is 85.6 cm³/mol. The molecule has 2 aromatic carbocycles.